The number of likely N-dealkylation sites (tertiary alicyclic amines) is 1. The summed E-state index contributed by atoms with van der Waals surface area (Å²) >= 11 is 1.82. The van der Waals surface area contributed by atoms with Gasteiger partial charge >= 0.3 is 0 Å². The molecule has 2 fully saturated rings. The molecule has 1 unspecified atom stereocenters. The molecular formula is C15H27N3O2S. The first-order valence-electron chi connectivity index (χ1n) is 7.79. The maximum absolute atomic E-state index is 12.2. The van der Waals surface area contributed by atoms with E-state index in [-0.39, 0.29) is 29.3 Å². The minimum absolute atomic E-state index is 0.0574. The normalized spacial score (nSPS) is 24.7. The van der Waals surface area contributed by atoms with Crippen LogP contribution in [0.5, 0.6) is 0 Å². The minimum atomic E-state index is -0.320. The zero-order chi connectivity index (χ0) is 15.5. The molecule has 0 aliphatic carbocycles. The third-order valence-electron chi connectivity index (χ3n) is 4.01. The van der Waals surface area contributed by atoms with Gasteiger partial charge in [0.2, 0.25) is 11.8 Å². The lowest BCUT2D eigenvalue weighted by Crippen LogP contribution is -2.54. The van der Waals surface area contributed by atoms with Gasteiger partial charge in [-0.3, -0.25) is 9.59 Å². The number of thioether (sulfide) groups is 1. The number of carbonyl (C=O) groups excluding carboxylic acids is 2. The second-order valence-electron chi connectivity index (χ2n) is 6.91. The van der Waals surface area contributed by atoms with Crippen LogP contribution in [0.15, 0.2) is 0 Å². The third kappa shape index (κ3) is 4.61. The Morgan fingerprint density at radius 1 is 1.24 bits per heavy atom. The monoisotopic (exact) mass is 313 g/mol. The van der Waals surface area contributed by atoms with Crippen molar-refractivity contribution in [2.45, 2.75) is 45.7 Å². The number of rotatable bonds is 2. The Hall–Kier alpha value is -0.750. The predicted octanol–water partition coefficient (Wildman–Crippen LogP) is 0.845. The lowest BCUT2D eigenvalue weighted by Gasteiger charge is -2.36. The molecule has 0 spiro atoms. The Balaban J connectivity index is 1.76. The van der Waals surface area contributed by atoms with Crippen molar-refractivity contribution in [3.63, 3.8) is 0 Å². The van der Waals surface area contributed by atoms with Crippen molar-refractivity contribution in [3.8, 4) is 0 Å². The first-order valence-corrected chi connectivity index (χ1v) is 8.94. The maximum Gasteiger partial charge on any atom is 0.238 e. The van der Waals surface area contributed by atoms with Crippen LogP contribution in [-0.2, 0) is 9.59 Å². The molecule has 0 saturated carbocycles. The van der Waals surface area contributed by atoms with Gasteiger partial charge in [0.25, 0.3) is 0 Å². The van der Waals surface area contributed by atoms with E-state index in [4.69, 9.17) is 0 Å². The number of hydrogen-bond donors (Lipinski definition) is 2. The average Bonchev–Trinajstić information content (AvgIpc) is 2.47. The quantitative estimate of drug-likeness (QED) is 0.793. The second-order valence-corrected chi connectivity index (χ2v) is 8.06. The fraction of sp³-hybridized carbons (Fsp3) is 0.867. The van der Waals surface area contributed by atoms with Crippen LogP contribution in [0.25, 0.3) is 0 Å². The minimum Gasteiger partial charge on any atom is -0.352 e. The SMILES string of the molecule is CC(C)(C)C(=O)N1CCC(NC(=O)C2CSCCN2)CC1. The van der Waals surface area contributed by atoms with E-state index in [1.807, 2.05) is 37.4 Å². The van der Waals surface area contributed by atoms with Crippen molar-refractivity contribution in [2.24, 2.45) is 5.41 Å². The Morgan fingerprint density at radius 2 is 1.90 bits per heavy atom. The Labute approximate surface area is 131 Å². The molecule has 6 heteroatoms. The van der Waals surface area contributed by atoms with Gasteiger partial charge < -0.3 is 15.5 Å². The molecule has 0 radical (unpaired) electrons. The largest absolute Gasteiger partial charge is 0.352 e. The molecule has 2 rings (SSSR count). The summed E-state index contributed by atoms with van der Waals surface area (Å²) < 4.78 is 0. The van der Waals surface area contributed by atoms with Crippen LogP contribution in [0.4, 0.5) is 0 Å². The lowest BCUT2D eigenvalue weighted by atomic mass is 9.93. The van der Waals surface area contributed by atoms with Gasteiger partial charge in [0.05, 0.1) is 6.04 Å². The predicted molar refractivity (Wildman–Crippen MR) is 86.3 cm³/mol. The van der Waals surface area contributed by atoms with E-state index >= 15 is 0 Å². The van der Waals surface area contributed by atoms with E-state index in [1.165, 1.54) is 0 Å². The van der Waals surface area contributed by atoms with Crippen LogP contribution in [0.2, 0.25) is 0 Å². The van der Waals surface area contributed by atoms with Gasteiger partial charge in [0.1, 0.15) is 0 Å². The zero-order valence-electron chi connectivity index (χ0n) is 13.3. The number of amides is 2. The average molecular weight is 313 g/mol. The summed E-state index contributed by atoms with van der Waals surface area (Å²) in [7, 11) is 0. The molecule has 2 amide bonds. The summed E-state index contributed by atoms with van der Waals surface area (Å²) in [6, 6.07) is 0.147. The number of piperidine rings is 1. The molecule has 21 heavy (non-hydrogen) atoms. The van der Waals surface area contributed by atoms with E-state index in [0.29, 0.717) is 0 Å². The molecule has 0 aromatic rings. The van der Waals surface area contributed by atoms with Crippen LogP contribution >= 0.6 is 11.8 Å². The molecule has 120 valence electrons. The summed E-state index contributed by atoms with van der Waals surface area (Å²) in [5.74, 6) is 2.25. The van der Waals surface area contributed by atoms with Crippen molar-refractivity contribution in [1.82, 2.24) is 15.5 Å². The number of nitrogens with zero attached hydrogens (tertiary/aromatic N) is 1. The fourth-order valence-corrected chi connectivity index (χ4v) is 3.67. The highest BCUT2D eigenvalue weighted by molar-refractivity contribution is 7.99. The van der Waals surface area contributed by atoms with Crippen molar-refractivity contribution in [2.75, 3.05) is 31.1 Å². The molecular weight excluding hydrogens is 286 g/mol. The zero-order valence-corrected chi connectivity index (χ0v) is 14.1. The van der Waals surface area contributed by atoms with Gasteiger partial charge in [-0.05, 0) is 12.8 Å². The molecule has 5 nitrogen and oxygen atoms in total. The van der Waals surface area contributed by atoms with Crippen molar-refractivity contribution in [1.29, 1.82) is 0 Å². The smallest absolute Gasteiger partial charge is 0.238 e. The van der Waals surface area contributed by atoms with Gasteiger partial charge in [0, 0.05) is 42.6 Å². The van der Waals surface area contributed by atoms with Crippen LogP contribution in [-0.4, -0.2) is 59.9 Å². The highest BCUT2D eigenvalue weighted by Crippen LogP contribution is 2.21. The van der Waals surface area contributed by atoms with Crippen LogP contribution < -0.4 is 10.6 Å². The van der Waals surface area contributed by atoms with Gasteiger partial charge in [-0.25, -0.2) is 0 Å². The van der Waals surface area contributed by atoms with E-state index in [1.54, 1.807) is 0 Å². The molecule has 2 saturated heterocycles. The van der Waals surface area contributed by atoms with Gasteiger partial charge in [0.15, 0.2) is 0 Å². The highest BCUT2D eigenvalue weighted by atomic mass is 32.2. The standard InChI is InChI=1S/C15H27N3O2S/c1-15(2,3)14(20)18-7-4-11(5-8-18)17-13(19)12-10-21-9-6-16-12/h11-12,16H,4-10H2,1-3H3,(H,17,19). The Bertz CT molecular complexity index is 381. The number of nitrogens with one attached hydrogen (secondary N) is 2. The van der Waals surface area contributed by atoms with E-state index < -0.39 is 0 Å². The molecule has 2 N–H and O–H groups in total. The van der Waals surface area contributed by atoms with Gasteiger partial charge in [-0.15, -0.1) is 0 Å². The summed E-state index contributed by atoms with van der Waals surface area (Å²) in [6.45, 7) is 8.25. The Morgan fingerprint density at radius 3 is 2.43 bits per heavy atom. The molecule has 2 aliphatic heterocycles. The third-order valence-corrected chi connectivity index (χ3v) is 5.07. The number of carbonyl (C=O) groups is 2. The van der Waals surface area contributed by atoms with Gasteiger partial charge in [-0.1, -0.05) is 20.8 Å². The summed E-state index contributed by atoms with van der Waals surface area (Å²) in [4.78, 5) is 26.3. The second kappa shape index (κ2) is 7.01. The summed E-state index contributed by atoms with van der Waals surface area (Å²) in [5, 5.41) is 6.39. The molecule has 2 aliphatic rings. The fourth-order valence-electron chi connectivity index (χ4n) is 2.74. The van der Waals surface area contributed by atoms with E-state index in [0.717, 1.165) is 44.0 Å². The maximum atomic E-state index is 12.2. The molecule has 0 aromatic carbocycles. The lowest BCUT2D eigenvalue weighted by molar-refractivity contribution is -0.140. The summed E-state index contributed by atoms with van der Waals surface area (Å²) in [6.07, 6.45) is 1.71. The molecule has 0 bridgehead atoms. The molecule has 0 aromatic heterocycles. The Kier molecular flexibility index (Phi) is 5.54. The van der Waals surface area contributed by atoms with Crippen LogP contribution in [0, 0.1) is 5.41 Å². The van der Waals surface area contributed by atoms with Crippen LogP contribution in [0.1, 0.15) is 33.6 Å². The molecule has 2 heterocycles. The van der Waals surface area contributed by atoms with E-state index in [2.05, 4.69) is 10.6 Å². The van der Waals surface area contributed by atoms with Gasteiger partial charge in [-0.2, -0.15) is 11.8 Å². The topological polar surface area (TPSA) is 61.4 Å². The van der Waals surface area contributed by atoms with E-state index in [9.17, 15) is 9.59 Å². The number of hydrogen-bond acceptors (Lipinski definition) is 4. The molecule has 1 atom stereocenters. The first-order chi connectivity index (χ1) is 9.88. The van der Waals surface area contributed by atoms with Crippen molar-refractivity contribution < 1.29 is 9.59 Å². The van der Waals surface area contributed by atoms with Crippen molar-refractivity contribution in [3.05, 3.63) is 0 Å². The van der Waals surface area contributed by atoms with Crippen LogP contribution in [0.3, 0.4) is 0 Å². The first kappa shape index (κ1) is 16.6. The van der Waals surface area contributed by atoms with Crippen molar-refractivity contribution >= 4 is 23.6 Å². The summed E-state index contributed by atoms with van der Waals surface area (Å²) in [5.41, 5.74) is -0.320. The highest BCUT2D eigenvalue weighted by Gasteiger charge is 2.31.